The van der Waals surface area contributed by atoms with Gasteiger partial charge in [0, 0.05) is 24.0 Å². The van der Waals surface area contributed by atoms with E-state index in [1.807, 2.05) is 49.3 Å². The Morgan fingerprint density at radius 2 is 1.71 bits per heavy atom. The van der Waals surface area contributed by atoms with E-state index >= 15 is 0 Å². The predicted octanol–water partition coefficient (Wildman–Crippen LogP) is 4.19. The first-order valence-electron chi connectivity index (χ1n) is 10.2. The van der Waals surface area contributed by atoms with Gasteiger partial charge < -0.3 is 14.2 Å². The molecule has 4 aromatic rings. The number of fused-ring (bicyclic) bond motifs is 4. The summed E-state index contributed by atoms with van der Waals surface area (Å²) < 4.78 is 20.9. The van der Waals surface area contributed by atoms with E-state index in [-0.39, 0.29) is 16.8 Å². The molecule has 156 valence electrons. The van der Waals surface area contributed by atoms with Crippen molar-refractivity contribution in [2.24, 2.45) is 0 Å². The van der Waals surface area contributed by atoms with Crippen molar-refractivity contribution >= 4 is 27.6 Å². The maximum absolute atomic E-state index is 14.8. The summed E-state index contributed by atoms with van der Waals surface area (Å²) in [4.78, 5) is 30.5. The molecule has 0 N–H and O–H groups in total. The Morgan fingerprint density at radius 1 is 0.968 bits per heavy atom. The highest BCUT2D eigenvalue weighted by molar-refractivity contribution is 6.06. The molecule has 0 aliphatic carbocycles. The van der Waals surface area contributed by atoms with Gasteiger partial charge in [-0.25, -0.2) is 4.39 Å². The van der Waals surface area contributed by atoms with Gasteiger partial charge in [0.25, 0.3) is 5.91 Å². The van der Waals surface area contributed by atoms with Crippen molar-refractivity contribution in [2.75, 3.05) is 27.2 Å². The molecule has 1 unspecified atom stereocenters. The van der Waals surface area contributed by atoms with Gasteiger partial charge in [0.2, 0.25) is 5.76 Å². The third kappa shape index (κ3) is 3.02. The lowest BCUT2D eigenvalue weighted by atomic mass is 9.97. The van der Waals surface area contributed by atoms with Gasteiger partial charge in [-0.3, -0.25) is 9.59 Å². The van der Waals surface area contributed by atoms with Crippen molar-refractivity contribution in [1.82, 2.24) is 9.80 Å². The molecule has 1 aliphatic rings. The number of hydrogen-bond acceptors (Lipinski definition) is 4. The molecule has 0 radical (unpaired) electrons. The van der Waals surface area contributed by atoms with E-state index in [2.05, 4.69) is 0 Å². The highest BCUT2D eigenvalue weighted by Crippen LogP contribution is 2.39. The minimum absolute atomic E-state index is 0.000798. The van der Waals surface area contributed by atoms with Crippen LogP contribution in [0.3, 0.4) is 0 Å². The summed E-state index contributed by atoms with van der Waals surface area (Å²) >= 11 is 0. The number of halogens is 1. The number of hydrogen-bond donors (Lipinski definition) is 0. The first-order chi connectivity index (χ1) is 15.0. The number of rotatable bonds is 4. The van der Waals surface area contributed by atoms with Crippen LogP contribution < -0.4 is 5.43 Å². The van der Waals surface area contributed by atoms with Crippen LogP contribution in [0.1, 0.15) is 27.7 Å². The van der Waals surface area contributed by atoms with Gasteiger partial charge in [-0.2, -0.15) is 0 Å². The molecule has 6 heteroatoms. The monoisotopic (exact) mass is 416 g/mol. The molecule has 1 aliphatic heterocycles. The Balaban J connectivity index is 1.80. The van der Waals surface area contributed by atoms with E-state index < -0.39 is 17.8 Å². The van der Waals surface area contributed by atoms with Crippen molar-refractivity contribution in [3.05, 3.63) is 93.6 Å². The summed E-state index contributed by atoms with van der Waals surface area (Å²) in [5.74, 6) is -0.848. The quantitative estimate of drug-likeness (QED) is 0.468. The lowest BCUT2D eigenvalue weighted by Crippen LogP contribution is -2.35. The summed E-state index contributed by atoms with van der Waals surface area (Å²) in [7, 11) is 3.80. The minimum atomic E-state index is -0.823. The number of nitrogens with zero attached hydrogens (tertiary/aromatic N) is 2. The number of likely N-dealkylation sites (N-methyl/N-ethyl adjacent to an activating group) is 1. The summed E-state index contributed by atoms with van der Waals surface area (Å²) in [6.45, 7) is 0.910. The molecule has 3 aromatic carbocycles. The molecule has 0 spiro atoms. The van der Waals surface area contributed by atoms with Crippen LogP contribution in [0.4, 0.5) is 4.39 Å². The van der Waals surface area contributed by atoms with Crippen molar-refractivity contribution in [2.45, 2.75) is 6.04 Å². The molecular weight excluding hydrogens is 395 g/mol. The summed E-state index contributed by atoms with van der Waals surface area (Å²) in [5.41, 5.74) is 0.588. The molecule has 1 atom stereocenters. The second-order valence-corrected chi connectivity index (χ2v) is 8.06. The fraction of sp³-hybridized carbons (Fsp3) is 0.200. The highest BCUT2D eigenvalue weighted by Gasteiger charge is 2.43. The van der Waals surface area contributed by atoms with Gasteiger partial charge in [0.05, 0.1) is 17.0 Å². The van der Waals surface area contributed by atoms with Crippen molar-refractivity contribution < 1.29 is 13.6 Å². The molecular formula is C25H21FN2O3. The van der Waals surface area contributed by atoms with Crippen LogP contribution in [0.5, 0.6) is 0 Å². The minimum Gasteiger partial charge on any atom is -0.450 e. The van der Waals surface area contributed by atoms with E-state index in [0.29, 0.717) is 29.6 Å². The van der Waals surface area contributed by atoms with E-state index in [1.165, 1.54) is 11.0 Å². The molecule has 1 amide bonds. The van der Waals surface area contributed by atoms with Crippen LogP contribution in [-0.4, -0.2) is 42.9 Å². The smallest absolute Gasteiger partial charge is 0.290 e. The van der Waals surface area contributed by atoms with Gasteiger partial charge >= 0.3 is 0 Å². The average molecular weight is 416 g/mol. The average Bonchev–Trinajstić information content (AvgIpc) is 3.04. The molecule has 5 rings (SSSR count). The van der Waals surface area contributed by atoms with Crippen molar-refractivity contribution in [3.63, 3.8) is 0 Å². The normalized spacial score (nSPS) is 15.9. The summed E-state index contributed by atoms with van der Waals surface area (Å²) in [6.07, 6.45) is 0. The van der Waals surface area contributed by atoms with Crippen LogP contribution in [0, 0.1) is 5.82 Å². The molecule has 1 aromatic heterocycles. The molecule has 0 saturated carbocycles. The summed E-state index contributed by atoms with van der Waals surface area (Å²) in [6, 6.07) is 16.6. The van der Waals surface area contributed by atoms with Crippen molar-refractivity contribution in [3.8, 4) is 0 Å². The van der Waals surface area contributed by atoms with Crippen LogP contribution in [0.2, 0.25) is 0 Å². The Labute approximate surface area is 178 Å². The van der Waals surface area contributed by atoms with E-state index in [1.54, 1.807) is 24.3 Å². The molecule has 31 heavy (non-hydrogen) atoms. The lowest BCUT2D eigenvalue weighted by Gasteiger charge is -2.26. The fourth-order valence-electron chi connectivity index (χ4n) is 4.31. The number of amides is 1. The maximum Gasteiger partial charge on any atom is 0.290 e. The Kier molecular flexibility index (Phi) is 4.59. The number of carbonyl (C=O) groups excluding carboxylic acids is 1. The standard InChI is InChI=1S/C25H21FN2O3/c1-27(2)13-14-28-21(17-9-5-6-10-19(17)26)20-22(29)18-12-11-15-7-3-4-8-16(15)23(18)31-24(20)25(28)30/h3-12,21H,13-14H2,1-2H3. The zero-order chi connectivity index (χ0) is 21.7. The fourth-order valence-corrected chi connectivity index (χ4v) is 4.31. The lowest BCUT2D eigenvalue weighted by molar-refractivity contribution is 0.0714. The molecule has 5 nitrogen and oxygen atoms in total. The molecule has 0 saturated heterocycles. The second kappa shape index (κ2) is 7.32. The van der Waals surface area contributed by atoms with E-state index in [9.17, 15) is 14.0 Å². The molecule has 2 heterocycles. The van der Waals surface area contributed by atoms with Gasteiger partial charge in [0.15, 0.2) is 5.43 Å². The predicted molar refractivity (Wildman–Crippen MR) is 118 cm³/mol. The zero-order valence-corrected chi connectivity index (χ0v) is 17.3. The van der Waals surface area contributed by atoms with Crippen LogP contribution in [-0.2, 0) is 0 Å². The summed E-state index contributed by atoms with van der Waals surface area (Å²) in [5, 5.41) is 2.07. The van der Waals surface area contributed by atoms with Crippen LogP contribution in [0.25, 0.3) is 21.7 Å². The maximum atomic E-state index is 14.8. The third-order valence-corrected chi connectivity index (χ3v) is 5.85. The van der Waals surface area contributed by atoms with Crippen LogP contribution >= 0.6 is 0 Å². The topological polar surface area (TPSA) is 53.8 Å². The molecule has 0 bridgehead atoms. The van der Waals surface area contributed by atoms with Gasteiger partial charge in [0.1, 0.15) is 11.4 Å². The second-order valence-electron chi connectivity index (χ2n) is 8.06. The number of carbonyl (C=O) groups is 1. The van der Waals surface area contributed by atoms with E-state index in [4.69, 9.17) is 4.42 Å². The Morgan fingerprint density at radius 3 is 2.48 bits per heavy atom. The Bertz CT molecular complexity index is 1390. The highest BCUT2D eigenvalue weighted by atomic mass is 19.1. The first kappa shape index (κ1) is 19.5. The number of benzene rings is 3. The molecule has 0 fully saturated rings. The van der Waals surface area contributed by atoms with Gasteiger partial charge in [-0.15, -0.1) is 0 Å². The zero-order valence-electron chi connectivity index (χ0n) is 17.3. The third-order valence-electron chi connectivity index (χ3n) is 5.85. The largest absolute Gasteiger partial charge is 0.450 e. The Hall–Kier alpha value is -3.51. The van der Waals surface area contributed by atoms with Gasteiger partial charge in [-0.1, -0.05) is 48.5 Å². The van der Waals surface area contributed by atoms with Gasteiger partial charge in [-0.05, 0) is 31.6 Å². The van der Waals surface area contributed by atoms with Crippen LogP contribution in [0.15, 0.2) is 69.9 Å². The SMILES string of the molecule is CN(C)CCN1C(=O)c2oc3c(ccc4ccccc43)c(=O)c2C1c1ccccc1F. The van der Waals surface area contributed by atoms with E-state index in [0.717, 1.165) is 10.8 Å². The van der Waals surface area contributed by atoms with Crippen molar-refractivity contribution in [1.29, 1.82) is 0 Å². The first-order valence-corrected chi connectivity index (χ1v) is 10.2.